The van der Waals surface area contributed by atoms with E-state index in [1.807, 2.05) is 14.0 Å². The molecule has 13 heavy (non-hydrogen) atoms. The Morgan fingerprint density at radius 2 is 2.00 bits per heavy atom. The van der Waals surface area contributed by atoms with Gasteiger partial charge in [0.05, 0.1) is 0 Å². The van der Waals surface area contributed by atoms with Gasteiger partial charge in [-0.25, -0.2) is 9.97 Å². The van der Waals surface area contributed by atoms with E-state index in [9.17, 15) is 4.79 Å². The first kappa shape index (κ1) is 7.97. The molecule has 0 aliphatic rings. The summed E-state index contributed by atoms with van der Waals surface area (Å²) in [6, 6.07) is 0. The monoisotopic (exact) mass is 178 g/mol. The van der Waals surface area contributed by atoms with Crippen LogP contribution in [0.15, 0.2) is 4.79 Å². The van der Waals surface area contributed by atoms with Crippen LogP contribution in [0.3, 0.4) is 0 Å². The van der Waals surface area contributed by atoms with Crippen LogP contribution < -0.4 is 5.56 Å². The fourth-order valence-electron chi connectivity index (χ4n) is 1.29. The van der Waals surface area contributed by atoms with Gasteiger partial charge in [0.15, 0.2) is 11.2 Å². The molecule has 0 saturated heterocycles. The fraction of sp³-hybridized carbons (Fsp3) is 0.375. The van der Waals surface area contributed by atoms with Crippen molar-refractivity contribution in [2.75, 3.05) is 0 Å². The van der Waals surface area contributed by atoms with Crippen LogP contribution in [0, 0.1) is 13.8 Å². The van der Waals surface area contributed by atoms with Gasteiger partial charge in [0.1, 0.15) is 11.6 Å². The number of aromatic nitrogens is 4. The van der Waals surface area contributed by atoms with Crippen molar-refractivity contribution in [2.45, 2.75) is 13.8 Å². The zero-order valence-corrected chi connectivity index (χ0v) is 7.75. The standard InChI is InChI=1S/C8H10N4O/c1-4-9-7-6(8(13)10-4)11-5(2)12(7)3/h1-3H3,(H,9,10,13). The number of hydrogen-bond acceptors (Lipinski definition) is 3. The zero-order valence-electron chi connectivity index (χ0n) is 7.75. The van der Waals surface area contributed by atoms with Crippen LogP contribution in [0.5, 0.6) is 0 Å². The van der Waals surface area contributed by atoms with E-state index in [1.165, 1.54) is 0 Å². The molecular formula is C8H10N4O. The molecule has 2 heterocycles. The van der Waals surface area contributed by atoms with Gasteiger partial charge >= 0.3 is 0 Å². The minimum atomic E-state index is -0.175. The first-order chi connectivity index (χ1) is 6.09. The molecule has 0 amide bonds. The number of aromatic amines is 1. The van der Waals surface area contributed by atoms with Gasteiger partial charge in [0, 0.05) is 7.05 Å². The molecule has 0 radical (unpaired) electrons. The van der Waals surface area contributed by atoms with E-state index in [4.69, 9.17) is 0 Å². The lowest BCUT2D eigenvalue weighted by atomic mass is 10.5. The van der Waals surface area contributed by atoms with Crippen LogP contribution in [-0.2, 0) is 7.05 Å². The van der Waals surface area contributed by atoms with Crippen molar-refractivity contribution < 1.29 is 0 Å². The first-order valence-electron chi connectivity index (χ1n) is 3.99. The molecule has 5 nitrogen and oxygen atoms in total. The summed E-state index contributed by atoms with van der Waals surface area (Å²) < 4.78 is 1.80. The predicted molar refractivity (Wildman–Crippen MR) is 48.6 cm³/mol. The van der Waals surface area contributed by atoms with Crippen molar-refractivity contribution in [3.05, 3.63) is 22.0 Å². The normalized spacial score (nSPS) is 11.0. The van der Waals surface area contributed by atoms with Crippen molar-refractivity contribution in [3.63, 3.8) is 0 Å². The second-order valence-electron chi connectivity index (χ2n) is 3.04. The van der Waals surface area contributed by atoms with Gasteiger partial charge < -0.3 is 9.55 Å². The third-order valence-corrected chi connectivity index (χ3v) is 2.07. The lowest BCUT2D eigenvalue weighted by molar-refractivity contribution is 0.868. The Labute approximate surface area is 74.4 Å². The van der Waals surface area contributed by atoms with Gasteiger partial charge in [-0.05, 0) is 13.8 Å². The van der Waals surface area contributed by atoms with Gasteiger partial charge in [-0.3, -0.25) is 4.79 Å². The molecule has 0 aliphatic heterocycles. The summed E-state index contributed by atoms with van der Waals surface area (Å²) >= 11 is 0. The average Bonchev–Trinajstić information content (AvgIpc) is 2.32. The Balaban J connectivity index is 3.03. The second-order valence-corrected chi connectivity index (χ2v) is 3.04. The molecule has 0 saturated carbocycles. The summed E-state index contributed by atoms with van der Waals surface area (Å²) in [4.78, 5) is 22.3. The number of nitrogens with one attached hydrogen (secondary N) is 1. The summed E-state index contributed by atoms with van der Waals surface area (Å²) in [5.74, 6) is 1.40. The molecule has 0 aromatic carbocycles. The Bertz CT molecular complexity index is 523. The molecule has 68 valence electrons. The molecule has 0 bridgehead atoms. The quantitative estimate of drug-likeness (QED) is 0.630. The second kappa shape index (κ2) is 2.42. The summed E-state index contributed by atoms with van der Waals surface area (Å²) in [6.45, 7) is 3.60. The first-order valence-corrected chi connectivity index (χ1v) is 3.99. The van der Waals surface area contributed by atoms with Gasteiger partial charge in [0.25, 0.3) is 5.56 Å². The minimum absolute atomic E-state index is 0.175. The molecular weight excluding hydrogens is 168 g/mol. The average molecular weight is 178 g/mol. The highest BCUT2D eigenvalue weighted by atomic mass is 16.1. The maximum absolute atomic E-state index is 11.4. The van der Waals surface area contributed by atoms with Crippen molar-refractivity contribution in [1.29, 1.82) is 0 Å². The summed E-state index contributed by atoms with van der Waals surface area (Å²) in [5.41, 5.74) is 0.871. The van der Waals surface area contributed by atoms with E-state index in [-0.39, 0.29) is 5.56 Å². The maximum Gasteiger partial charge on any atom is 0.279 e. The largest absolute Gasteiger partial charge is 0.316 e. The number of fused-ring (bicyclic) bond motifs is 1. The minimum Gasteiger partial charge on any atom is -0.316 e. The van der Waals surface area contributed by atoms with Gasteiger partial charge in [0.2, 0.25) is 0 Å². The van der Waals surface area contributed by atoms with E-state index in [1.54, 1.807) is 11.5 Å². The van der Waals surface area contributed by atoms with Crippen molar-refractivity contribution in [3.8, 4) is 0 Å². The van der Waals surface area contributed by atoms with E-state index >= 15 is 0 Å². The van der Waals surface area contributed by atoms with E-state index in [2.05, 4.69) is 15.0 Å². The smallest absolute Gasteiger partial charge is 0.279 e. The molecule has 1 N–H and O–H groups in total. The van der Waals surface area contributed by atoms with Gasteiger partial charge in [-0.1, -0.05) is 0 Å². The topological polar surface area (TPSA) is 63.6 Å². The molecule has 2 aromatic rings. The molecule has 0 atom stereocenters. The third-order valence-electron chi connectivity index (χ3n) is 2.07. The Morgan fingerprint density at radius 3 is 2.69 bits per heavy atom. The SMILES string of the molecule is Cc1nc2c(nc(C)n2C)c(=O)[nH]1. The maximum atomic E-state index is 11.4. The number of hydrogen-bond donors (Lipinski definition) is 1. The van der Waals surface area contributed by atoms with E-state index < -0.39 is 0 Å². The fourth-order valence-corrected chi connectivity index (χ4v) is 1.29. The number of rotatable bonds is 0. The lowest BCUT2D eigenvalue weighted by Crippen LogP contribution is -2.10. The number of H-pyrrole nitrogens is 1. The predicted octanol–water partition coefficient (Wildman–Crippen LogP) is 0.273. The van der Waals surface area contributed by atoms with Crippen molar-refractivity contribution in [2.24, 2.45) is 7.05 Å². The number of imidazole rings is 1. The molecule has 0 unspecified atom stereocenters. The highest BCUT2D eigenvalue weighted by molar-refractivity contribution is 5.69. The van der Waals surface area contributed by atoms with Gasteiger partial charge in [-0.2, -0.15) is 0 Å². The molecule has 0 fully saturated rings. The van der Waals surface area contributed by atoms with Gasteiger partial charge in [-0.15, -0.1) is 0 Å². The Morgan fingerprint density at radius 1 is 1.31 bits per heavy atom. The Hall–Kier alpha value is -1.65. The molecule has 0 spiro atoms. The van der Waals surface area contributed by atoms with Crippen LogP contribution in [0.4, 0.5) is 0 Å². The number of nitrogens with zero attached hydrogens (tertiary/aromatic N) is 3. The van der Waals surface area contributed by atoms with E-state index in [0.29, 0.717) is 17.0 Å². The molecule has 2 rings (SSSR count). The van der Waals surface area contributed by atoms with Crippen LogP contribution in [0.1, 0.15) is 11.6 Å². The van der Waals surface area contributed by atoms with Crippen molar-refractivity contribution >= 4 is 11.2 Å². The highest BCUT2D eigenvalue weighted by Gasteiger charge is 2.08. The lowest BCUT2D eigenvalue weighted by Gasteiger charge is -1.95. The van der Waals surface area contributed by atoms with Crippen LogP contribution in [-0.4, -0.2) is 19.5 Å². The molecule has 2 aromatic heterocycles. The number of aryl methyl sites for hydroxylation is 3. The third kappa shape index (κ3) is 1.04. The van der Waals surface area contributed by atoms with Crippen molar-refractivity contribution in [1.82, 2.24) is 19.5 Å². The zero-order chi connectivity index (χ0) is 9.59. The molecule has 0 aliphatic carbocycles. The van der Waals surface area contributed by atoms with Crippen LogP contribution in [0.2, 0.25) is 0 Å². The summed E-state index contributed by atoms with van der Waals surface area (Å²) in [5, 5.41) is 0. The summed E-state index contributed by atoms with van der Waals surface area (Å²) in [7, 11) is 1.84. The van der Waals surface area contributed by atoms with Crippen LogP contribution >= 0.6 is 0 Å². The van der Waals surface area contributed by atoms with E-state index in [0.717, 1.165) is 5.82 Å². The highest BCUT2D eigenvalue weighted by Crippen LogP contribution is 2.06. The molecule has 5 heteroatoms. The summed E-state index contributed by atoms with van der Waals surface area (Å²) in [6.07, 6.45) is 0. The Kier molecular flexibility index (Phi) is 1.48. The van der Waals surface area contributed by atoms with Crippen LogP contribution in [0.25, 0.3) is 11.2 Å².